The number of aryl methyl sites for hydroxylation is 1. The van der Waals surface area contributed by atoms with Crippen molar-refractivity contribution in [3.05, 3.63) is 92.7 Å². The molecule has 3 aromatic carbocycles. The van der Waals surface area contributed by atoms with Crippen molar-refractivity contribution >= 4 is 46.7 Å². The Kier molecular flexibility index (Phi) is 7.04. The molecule has 3 atom stereocenters. The Morgan fingerprint density at radius 1 is 1.02 bits per heavy atom. The van der Waals surface area contributed by atoms with Gasteiger partial charge in [0, 0.05) is 33.6 Å². The first-order valence-electron chi connectivity index (χ1n) is 12.6. The van der Waals surface area contributed by atoms with Gasteiger partial charge in [-0.05, 0) is 79.9 Å². The van der Waals surface area contributed by atoms with Gasteiger partial charge in [0.1, 0.15) is 17.0 Å². The molecule has 2 aliphatic rings. The molecule has 3 aromatic rings. The molecule has 0 aliphatic carbocycles. The van der Waals surface area contributed by atoms with E-state index in [1.807, 2.05) is 0 Å². The largest absolute Gasteiger partial charge is 0.476 e. The second kappa shape index (κ2) is 10.1. The Balaban J connectivity index is 1.81. The highest BCUT2D eigenvalue weighted by Crippen LogP contribution is 2.59. The highest BCUT2D eigenvalue weighted by atomic mass is 35.5. The standard InChI is InChI=1S/C30H27Cl2FN2O5/c1-15-5-8-18(33)13-19(15)26-30(21-9-6-17(32)12-23(21)34-27(30)37)22(14-25(36)35-26)20-11-16(31)7-10-24(20)40-29(2,3)28(38)39-4/h5-13,22,26H,14H2,1-4H3,(H,34,37)(H,35,36)/t22-,26+,30-/m1/s1. The molecule has 0 bridgehead atoms. The molecule has 2 N–H and O–H groups in total. The first-order valence-corrected chi connectivity index (χ1v) is 13.4. The van der Waals surface area contributed by atoms with E-state index in [-0.39, 0.29) is 18.1 Å². The molecule has 2 heterocycles. The molecule has 0 unspecified atom stereocenters. The predicted molar refractivity (Wildman–Crippen MR) is 149 cm³/mol. The van der Waals surface area contributed by atoms with E-state index in [1.165, 1.54) is 19.2 Å². The number of halogens is 3. The zero-order chi connectivity index (χ0) is 29.0. The maximum Gasteiger partial charge on any atom is 0.349 e. The van der Waals surface area contributed by atoms with Crippen molar-refractivity contribution in [3.63, 3.8) is 0 Å². The molecule has 2 aliphatic heterocycles. The van der Waals surface area contributed by atoms with Crippen LogP contribution in [0.2, 0.25) is 10.0 Å². The van der Waals surface area contributed by atoms with Gasteiger partial charge in [-0.1, -0.05) is 35.3 Å². The second-order valence-corrected chi connectivity index (χ2v) is 11.4. The summed E-state index contributed by atoms with van der Waals surface area (Å²) in [7, 11) is 1.26. The molecular weight excluding hydrogens is 558 g/mol. The molecule has 1 saturated heterocycles. The average molecular weight is 585 g/mol. The predicted octanol–water partition coefficient (Wildman–Crippen LogP) is 6.01. The molecule has 0 radical (unpaired) electrons. The molecule has 7 nitrogen and oxygen atoms in total. The summed E-state index contributed by atoms with van der Waals surface area (Å²) in [6.07, 6.45) is -0.115. The van der Waals surface area contributed by atoms with Crippen molar-refractivity contribution in [2.75, 3.05) is 12.4 Å². The maximum atomic E-state index is 14.6. The van der Waals surface area contributed by atoms with Crippen LogP contribution < -0.4 is 15.4 Å². The molecule has 2 amide bonds. The first-order chi connectivity index (χ1) is 18.9. The number of piperidine rings is 1. The van der Waals surface area contributed by atoms with E-state index in [0.717, 1.165) is 0 Å². The zero-order valence-corrected chi connectivity index (χ0v) is 23.7. The number of methoxy groups -OCH3 is 1. The molecule has 40 heavy (non-hydrogen) atoms. The van der Waals surface area contributed by atoms with Crippen molar-refractivity contribution in [2.45, 2.75) is 50.2 Å². The van der Waals surface area contributed by atoms with Gasteiger partial charge >= 0.3 is 5.97 Å². The Hall–Kier alpha value is -3.62. The lowest BCUT2D eigenvalue weighted by Gasteiger charge is -2.47. The fourth-order valence-corrected chi connectivity index (χ4v) is 6.24. The van der Waals surface area contributed by atoms with Gasteiger partial charge in [-0.15, -0.1) is 0 Å². The topological polar surface area (TPSA) is 93.7 Å². The zero-order valence-electron chi connectivity index (χ0n) is 22.2. The van der Waals surface area contributed by atoms with Gasteiger partial charge in [0.25, 0.3) is 0 Å². The number of anilines is 1. The minimum atomic E-state index is -1.45. The van der Waals surface area contributed by atoms with E-state index in [4.69, 9.17) is 32.7 Å². The summed E-state index contributed by atoms with van der Waals surface area (Å²) in [4.78, 5) is 40.1. The average Bonchev–Trinajstić information content (AvgIpc) is 3.18. The van der Waals surface area contributed by atoms with Gasteiger partial charge in [-0.2, -0.15) is 0 Å². The van der Waals surface area contributed by atoms with Crippen LogP contribution in [-0.4, -0.2) is 30.5 Å². The van der Waals surface area contributed by atoms with E-state index in [0.29, 0.717) is 38.0 Å². The number of nitrogens with one attached hydrogen (secondary N) is 2. The van der Waals surface area contributed by atoms with Crippen LogP contribution in [0.3, 0.4) is 0 Å². The summed E-state index contributed by atoms with van der Waals surface area (Å²) in [5.74, 6) is -2.45. The Morgan fingerprint density at radius 2 is 1.73 bits per heavy atom. The quantitative estimate of drug-likeness (QED) is 0.358. The van der Waals surface area contributed by atoms with Gasteiger partial charge in [-0.3, -0.25) is 9.59 Å². The van der Waals surface area contributed by atoms with Crippen LogP contribution in [0.15, 0.2) is 54.6 Å². The van der Waals surface area contributed by atoms with Crippen LogP contribution in [0.4, 0.5) is 10.1 Å². The Morgan fingerprint density at radius 3 is 2.45 bits per heavy atom. The molecule has 10 heteroatoms. The summed E-state index contributed by atoms with van der Waals surface area (Å²) < 4.78 is 25.7. The summed E-state index contributed by atoms with van der Waals surface area (Å²) in [5, 5.41) is 6.68. The SMILES string of the molecule is COC(=O)C(C)(C)Oc1ccc(Cl)cc1[C@H]1CC(=O)N[C@@H](c2cc(F)ccc2C)[C@]12C(=O)Nc1cc(Cl)ccc12. The van der Waals surface area contributed by atoms with Crippen LogP contribution in [-0.2, 0) is 24.5 Å². The van der Waals surface area contributed by atoms with E-state index in [2.05, 4.69) is 10.6 Å². The number of hydrogen-bond donors (Lipinski definition) is 2. The minimum absolute atomic E-state index is 0.115. The van der Waals surface area contributed by atoms with Gasteiger partial charge < -0.3 is 20.1 Å². The summed E-state index contributed by atoms with van der Waals surface area (Å²) >= 11 is 12.8. The molecule has 208 valence electrons. The molecule has 0 aromatic heterocycles. The molecule has 5 rings (SSSR count). The number of rotatable bonds is 5. The third-order valence-corrected chi connectivity index (χ3v) is 8.16. The van der Waals surface area contributed by atoms with E-state index < -0.39 is 40.7 Å². The number of amides is 2. The first kappa shape index (κ1) is 27.9. The van der Waals surface area contributed by atoms with Gasteiger partial charge in [0.2, 0.25) is 11.8 Å². The van der Waals surface area contributed by atoms with Crippen LogP contribution in [0.25, 0.3) is 0 Å². The summed E-state index contributed by atoms with van der Waals surface area (Å²) in [6.45, 7) is 4.90. The number of fused-ring (bicyclic) bond motifs is 2. The van der Waals surface area contributed by atoms with Crippen molar-refractivity contribution in [3.8, 4) is 5.75 Å². The van der Waals surface area contributed by atoms with Crippen LogP contribution in [0, 0.1) is 12.7 Å². The van der Waals surface area contributed by atoms with Gasteiger partial charge in [0.05, 0.1) is 13.2 Å². The smallest absolute Gasteiger partial charge is 0.349 e. The summed E-state index contributed by atoms with van der Waals surface area (Å²) in [6, 6.07) is 13.2. The number of carbonyl (C=O) groups excluding carboxylic acids is 3. The van der Waals surface area contributed by atoms with Crippen LogP contribution in [0.5, 0.6) is 5.75 Å². The molecule has 1 fully saturated rings. The van der Waals surface area contributed by atoms with E-state index in [9.17, 15) is 18.8 Å². The normalized spacial score (nSPS) is 22.0. The van der Waals surface area contributed by atoms with Crippen LogP contribution in [0.1, 0.15) is 54.5 Å². The molecular formula is C30H27Cl2FN2O5. The van der Waals surface area contributed by atoms with Gasteiger partial charge in [0.15, 0.2) is 5.60 Å². The third kappa shape index (κ3) is 4.49. The lowest BCUT2D eigenvalue weighted by atomic mass is 9.59. The second-order valence-electron chi connectivity index (χ2n) is 10.6. The number of carbonyl (C=O) groups is 3. The monoisotopic (exact) mass is 584 g/mol. The lowest BCUT2D eigenvalue weighted by Crippen LogP contribution is -2.57. The third-order valence-electron chi connectivity index (χ3n) is 7.69. The highest BCUT2D eigenvalue weighted by Gasteiger charge is 2.62. The van der Waals surface area contributed by atoms with E-state index in [1.54, 1.807) is 63.2 Å². The van der Waals surface area contributed by atoms with Crippen molar-refractivity contribution in [1.82, 2.24) is 5.32 Å². The van der Waals surface area contributed by atoms with Crippen molar-refractivity contribution in [1.29, 1.82) is 0 Å². The van der Waals surface area contributed by atoms with E-state index >= 15 is 0 Å². The summed E-state index contributed by atoms with van der Waals surface area (Å²) in [5.41, 5.74) is -0.202. The van der Waals surface area contributed by atoms with Gasteiger partial charge in [-0.25, -0.2) is 9.18 Å². The minimum Gasteiger partial charge on any atom is -0.476 e. The molecule has 0 saturated carbocycles. The van der Waals surface area contributed by atoms with Crippen molar-refractivity contribution < 1.29 is 28.2 Å². The highest BCUT2D eigenvalue weighted by molar-refractivity contribution is 6.31. The number of ether oxygens (including phenoxy) is 2. The fraction of sp³-hybridized carbons (Fsp3) is 0.300. The Labute approximate surface area is 240 Å². The van der Waals surface area contributed by atoms with Crippen molar-refractivity contribution in [2.24, 2.45) is 0 Å². The van der Waals surface area contributed by atoms with Crippen LogP contribution >= 0.6 is 23.2 Å². The molecule has 1 spiro atoms. The Bertz CT molecular complexity index is 1560. The maximum absolute atomic E-state index is 14.6. The fourth-order valence-electron chi connectivity index (χ4n) is 5.89. The lowest BCUT2D eigenvalue weighted by molar-refractivity contribution is -0.156. The number of benzene rings is 3. The number of esters is 1. The number of hydrogen-bond acceptors (Lipinski definition) is 5.